The summed E-state index contributed by atoms with van der Waals surface area (Å²) in [6.07, 6.45) is 5.18. The SMILES string of the molecule is CC1(C)OCC(CNC2CCCCc3ccccc32)O1. The second kappa shape index (κ2) is 5.84. The van der Waals surface area contributed by atoms with Gasteiger partial charge in [0.25, 0.3) is 0 Å². The van der Waals surface area contributed by atoms with Crippen LogP contribution in [0.1, 0.15) is 50.3 Å². The van der Waals surface area contributed by atoms with Crippen molar-refractivity contribution in [2.75, 3.05) is 13.2 Å². The second-order valence-corrected chi connectivity index (χ2v) is 6.36. The molecule has 110 valence electrons. The summed E-state index contributed by atoms with van der Waals surface area (Å²) in [5.74, 6) is -0.423. The Hall–Kier alpha value is -0.900. The number of aryl methyl sites for hydroxylation is 1. The van der Waals surface area contributed by atoms with Crippen LogP contribution in [0.4, 0.5) is 0 Å². The zero-order valence-corrected chi connectivity index (χ0v) is 12.5. The van der Waals surface area contributed by atoms with Gasteiger partial charge in [-0.3, -0.25) is 0 Å². The number of ether oxygens (including phenoxy) is 2. The summed E-state index contributed by atoms with van der Waals surface area (Å²) in [6.45, 7) is 5.51. The van der Waals surface area contributed by atoms with E-state index in [4.69, 9.17) is 9.47 Å². The molecule has 2 aliphatic rings. The van der Waals surface area contributed by atoms with Gasteiger partial charge in [0.05, 0.1) is 12.7 Å². The van der Waals surface area contributed by atoms with Crippen molar-refractivity contribution in [3.8, 4) is 0 Å². The zero-order valence-electron chi connectivity index (χ0n) is 12.5. The van der Waals surface area contributed by atoms with E-state index in [0.29, 0.717) is 12.6 Å². The first-order chi connectivity index (χ1) is 9.64. The van der Waals surface area contributed by atoms with Gasteiger partial charge < -0.3 is 14.8 Å². The summed E-state index contributed by atoms with van der Waals surface area (Å²) in [5, 5.41) is 3.69. The molecule has 2 atom stereocenters. The van der Waals surface area contributed by atoms with Crippen LogP contribution in [0.2, 0.25) is 0 Å². The summed E-state index contributed by atoms with van der Waals surface area (Å²) < 4.78 is 11.5. The van der Waals surface area contributed by atoms with E-state index in [1.54, 1.807) is 0 Å². The predicted molar refractivity (Wildman–Crippen MR) is 79.6 cm³/mol. The van der Waals surface area contributed by atoms with Crippen LogP contribution in [0, 0.1) is 0 Å². The highest BCUT2D eigenvalue weighted by atomic mass is 16.7. The Morgan fingerprint density at radius 1 is 1.25 bits per heavy atom. The third-order valence-corrected chi connectivity index (χ3v) is 4.28. The fourth-order valence-corrected chi connectivity index (χ4v) is 3.27. The molecule has 0 aromatic heterocycles. The molecule has 1 heterocycles. The zero-order chi connectivity index (χ0) is 14.0. The van der Waals surface area contributed by atoms with Crippen molar-refractivity contribution in [3.63, 3.8) is 0 Å². The van der Waals surface area contributed by atoms with Gasteiger partial charge in [-0.25, -0.2) is 0 Å². The van der Waals surface area contributed by atoms with Crippen molar-refractivity contribution in [3.05, 3.63) is 35.4 Å². The summed E-state index contributed by atoms with van der Waals surface area (Å²) in [6, 6.07) is 9.30. The number of hydrogen-bond acceptors (Lipinski definition) is 3. The van der Waals surface area contributed by atoms with Gasteiger partial charge >= 0.3 is 0 Å². The molecular weight excluding hydrogens is 250 g/mol. The smallest absolute Gasteiger partial charge is 0.163 e. The lowest BCUT2D eigenvalue weighted by Crippen LogP contribution is -2.33. The molecule has 2 unspecified atom stereocenters. The molecule has 0 bridgehead atoms. The average molecular weight is 275 g/mol. The van der Waals surface area contributed by atoms with Crippen LogP contribution in [0.5, 0.6) is 0 Å². The first-order valence-corrected chi connectivity index (χ1v) is 7.77. The standard InChI is InChI=1S/C17H25NO2/c1-17(2)19-12-14(20-17)11-18-16-10-6-4-8-13-7-3-5-9-15(13)16/h3,5,7,9,14,16,18H,4,6,8,10-12H2,1-2H3. The van der Waals surface area contributed by atoms with Crippen LogP contribution in [-0.4, -0.2) is 25.0 Å². The van der Waals surface area contributed by atoms with Crippen LogP contribution >= 0.6 is 0 Å². The molecule has 1 fully saturated rings. The minimum atomic E-state index is -0.423. The van der Waals surface area contributed by atoms with E-state index >= 15 is 0 Å². The number of nitrogens with one attached hydrogen (secondary N) is 1. The quantitative estimate of drug-likeness (QED) is 0.859. The normalized spacial score (nSPS) is 28.9. The van der Waals surface area contributed by atoms with E-state index in [-0.39, 0.29) is 6.10 Å². The van der Waals surface area contributed by atoms with Crippen LogP contribution < -0.4 is 5.32 Å². The first kappa shape index (κ1) is 14.1. The van der Waals surface area contributed by atoms with Gasteiger partial charge in [0, 0.05) is 12.6 Å². The molecule has 1 aliphatic carbocycles. The molecule has 1 aliphatic heterocycles. The number of fused-ring (bicyclic) bond motifs is 1. The van der Waals surface area contributed by atoms with Gasteiger partial charge in [0.2, 0.25) is 0 Å². The fourth-order valence-electron chi connectivity index (χ4n) is 3.27. The molecule has 3 rings (SSSR count). The van der Waals surface area contributed by atoms with Crippen molar-refractivity contribution in [2.24, 2.45) is 0 Å². The Labute approximate surface area is 121 Å². The van der Waals surface area contributed by atoms with E-state index in [1.807, 2.05) is 13.8 Å². The van der Waals surface area contributed by atoms with Gasteiger partial charge in [-0.1, -0.05) is 30.7 Å². The summed E-state index contributed by atoms with van der Waals surface area (Å²) in [4.78, 5) is 0. The molecule has 3 nitrogen and oxygen atoms in total. The van der Waals surface area contributed by atoms with Gasteiger partial charge in [0.1, 0.15) is 0 Å². The molecule has 0 spiro atoms. The highest BCUT2D eigenvalue weighted by Gasteiger charge is 2.32. The predicted octanol–water partition coefficient (Wildman–Crippen LogP) is 3.20. The molecule has 1 aromatic carbocycles. The molecule has 0 amide bonds. The van der Waals surface area contributed by atoms with Crippen LogP contribution in [0.15, 0.2) is 24.3 Å². The maximum Gasteiger partial charge on any atom is 0.163 e. The largest absolute Gasteiger partial charge is 0.348 e. The molecule has 0 radical (unpaired) electrons. The summed E-state index contributed by atoms with van der Waals surface area (Å²) in [7, 11) is 0. The van der Waals surface area contributed by atoms with Crippen LogP contribution in [-0.2, 0) is 15.9 Å². The molecule has 3 heteroatoms. The number of rotatable bonds is 3. The topological polar surface area (TPSA) is 30.5 Å². The van der Waals surface area contributed by atoms with E-state index in [2.05, 4.69) is 29.6 Å². The lowest BCUT2D eigenvalue weighted by Gasteiger charge is -2.22. The van der Waals surface area contributed by atoms with Gasteiger partial charge in [-0.05, 0) is 44.2 Å². The fraction of sp³-hybridized carbons (Fsp3) is 0.647. The van der Waals surface area contributed by atoms with E-state index in [9.17, 15) is 0 Å². The lowest BCUT2D eigenvalue weighted by atomic mass is 9.99. The first-order valence-electron chi connectivity index (χ1n) is 7.77. The van der Waals surface area contributed by atoms with Crippen molar-refractivity contribution < 1.29 is 9.47 Å². The van der Waals surface area contributed by atoms with Crippen molar-refractivity contribution >= 4 is 0 Å². The molecule has 1 aromatic rings. The highest BCUT2D eigenvalue weighted by Crippen LogP contribution is 2.29. The molecular formula is C17H25NO2. The molecule has 1 N–H and O–H groups in total. The Kier molecular flexibility index (Phi) is 4.11. The van der Waals surface area contributed by atoms with Crippen molar-refractivity contribution in [1.29, 1.82) is 0 Å². The van der Waals surface area contributed by atoms with Crippen molar-refractivity contribution in [2.45, 2.75) is 57.5 Å². The van der Waals surface area contributed by atoms with E-state index < -0.39 is 5.79 Å². The van der Waals surface area contributed by atoms with Gasteiger partial charge in [-0.15, -0.1) is 0 Å². The monoisotopic (exact) mass is 275 g/mol. The third kappa shape index (κ3) is 3.22. The van der Waals surface area contributed by atoms with Crippen LogP contribution in [0.25, 0.3) is 0 Å². The molecule has 20 heavy (non-hydrogen) atoms. The summed E-state index contributed by atoms with van der Waals surface area (Å²) >= 11 is 0. The Morgan fingerprint density at radius 3 is 2.90 bits per heavy atom. The third-order valence-electron chi connectivity index (χ3n) is 4.28. The average Bonchev–Trinajstić information content (AvgIpc) is 2.67. The second-order valence-electron chi connectivity index (χ2n) is 6.36. The minimum Gasteiger partial charge on any atom is -0.348 e. The summed E-state index contributed by atoms with van der Waals surface area (Å²) in [5.41, 5.74) is 2.98. The van der Waals surface area contributed by atoms with Gasteiger partial charge in [-0.2, -0.15) is 0 Å². The Morgan fingerprint density at radius 2 is 2.10 bits per heavy atom. The van der Waals surface area contributed by atoms with E-state index in [1.165, 1.54) is 36.8 Å². The number of benzene rings is 1. The minimum absolute atomic E-state index is 0.167. The molecule has 1 saturated heterocycles. The number of hydrogen-bond donors (Lipinski definition) is 1. The van der Waals surface area contributed by atoms with Crippen molar-refractivity contribution in [1.82, 2.24) is 5.32 Å². The Balaban J connectivity index is 1.63. The van der Waals surface area contributed by atoms with E-state index in [0.717, 1.165) is 6.54 Å². The van der Waals surface area contributed by atoms with Gasteiger partial charge in [0.15, 0.2) is 5.79 Å². The maximum atomic E-state index is 5.87. The Bertz CT molecular complexity index is 458. The van der Waals surface area contributed by atoms with Crippen LogP contribution in [0.3, 0.4) is 0 Å². The molecule has 0 saturated carbocycles. The highest BCUT2D eigenvalue weighted by molar-refractivity contribution is 5.31. The lowest BCUT2D eigenvalue weighted by molar-refractivity contribution is -0.137. The maximum absolute atomic E-state index is 5.87.